The van der Waals surface area contributed by atoms with Gasteiger partial charge in [-0.2, -0.15) is 0 Å². The fourth-order valence-corrected chi connectivity index (χ4v) is 2.70. The molecular weight excluding hydrogens is 296 g/mol. The number of hydrogen-bond acceptors (Lipinski definition) is 4. The molecule has 6 heteroatoms. The number of ether oxygens (including phenoxy) is 2. The third-order valence-electron chi connectivity index (χ3n) is 3.84. The maximum absolute atomic E-state index is 12.3. The maximum atomic E-state index is 12.3. The van der Waals surface area contributed by atoms with E-state index in [0.717, 1.165) is 5.75 Å². The number of benzene rings is 1. The highest BCUT2D eigenvalue weighted by molar-refractivity contribution is 5.88. The monoisotopic (exact) mass is 320 g/mol. The molecule has 2 amide bonds. The third kappa shape index (κ3) is 4.69. The van der Waals surface area contributed by atoms with Crippen LogP contribution in [0.1, 0.15) is 19.8 Å². The van der Waals surface area contributed by atoms with E-state index in [0.29, 0.717) is 32.5 Å². The van der Waals surface area contributed by atoms with E-state index in [9.17, 15) is 9.59 Å². The molecule has 1 aliphatic rings. The van der Waals surface area contributed by atoms with Crippen LogP contribution in [0.5, 0.6) is 5.75 Å². The normalized spacial score (nSPS) is 20.3. The van der Waals surface area contributed by atoms with Crippen LogP contribution in [0, 0.1) is 0 Å². The highest BCUT2D eigenvalue weighted by atomic mass is 16.5. The van der Waals surface area contributed by atoms with Crippen molar-refractivity contribution in [2.45, 2.75) is 31.9 Å². The lowest BCUT2D eigenvalue weighted by Gasteiger charge is -2.23. The van der Waals surface area contributed by atoms with Gasteiger partial charge in [0.2, 0.25) is 11.8 Å². The van der Waals surface area contributed by atoms with E-state index >= 15 is 0 Å². The number of methoxy groups -OCH3 is 1. The molecule has 2 atom stereocenters. The second kappa shape index (κ2) is 8.53. The standard InChI is InChI=1S/C17H24N2O4/c1-3-16(20)19-12-14(23-13-7-5-4-6-8-13)11-15(19)17(21)18-9-10-22-2/h4-8,14-15H,3,9-12H2,1-2H3,(H,18,21)/t14-,15-/m0/s1. The zero-order valence-corrected chi connectivity index (χ0v) is 13.7. The van der Waals surface area contributed by atoms with E-state index in [-0.39, 0.29) is 17.9 Å². The Balaban J connectivity index is 2.00. The Morgan fingerprint density at radius 2 is 2.04 bits per heavy atom. The molecule has 1 aromatic carbocycles. The molecule has 0 aliphatic carbocycles. The summed E-state index contributed by atoms with van der Waals surface area (Å²) in [7, 11) is 1.58. The molecule has 1 N–H and O–H groups in total. The van der Waals surface area contributed by atoms with Gasteiger partial charge in [0, 0.05) is 26.5 Å². The number of likely N-dealkylation sites (tertiary alicyclic amines) is 1. The molecule has 2 rings (SSSR count). The van der Waals surface area contributed by atoms with E-state index in [4.69, 9.17) is 9.47 Å². The van der Waals surface area contributed by atoms with Crippen molar-refractivity contribution in [1.29, 1.82) is 0 Å². The Hall–Kier alpha value is -2.08. The largest absolute Gasteiger partial charge is 0.488 e. The third-order valence-corrected chi connectivity index (χ3v) is 3.84. The molecule has 0 bridgehead atoms. The fourth-order valence-electron chi connectivity index (χ4n) is 2.70. The van der Waals surface area contributed by atoms with Crippen LogP contribution >= 0.6 is 0 Å². The maximum Gasteiger partial charge on any atom is 0.243 e. The van der Waals surface area contributed by atoms with Crippen LogP contribution in [0.25, 0.3) is 0 Å². The van der Waals surface area contributed by atoms with Gasteiger partial charge in [0.25, 0.3) is 0 Å². The summed E-state index contributed by atoms with van der Waals surface area (Å²) in [5.41, 5.74) is 0. The number of hydrogen-bond donors (Lipinski definition) is 1. The summed E-state index contributed by atoms with van der Waals surface area (Å²) in [4.78, 5) is 26.1. The van der Waals surface area contributed by atoms with Crippen molar-refractivity contribution in [3.8, 4) is 5.75 Å². The van der Waals surface area contributed by atoms with Gasteiger partial charge in [-0.25, -0.2) is 0 Å². The summed E-state index contributed by atoms with van der Waals surface area (Å²) in [6, 6.07) is 8.98. The van der Waals surface area contributed by atoms with Crippen molar-refractivity contribution in [3.63, 3.8) is 0 Å². The van der Waals surface area contributed by atoms with Crippen LogP contribution in [0.4, 0.5) is 0 Å². The van der Waals surface area contributed by atoms with Gasteiger partial charge in [0.15, 0.2) is 0 Å². The van der Waals surface area contributed by atoms with Crippen LogP contribution in [-0.4, -0.2) is 55.7 Å². The van der Waals surface area contributed by atoms with E-state index < -0.39 is 6.04 Å². The summed E-state index contributed by atoms with van der Waals surface area (Å²) in [5, 5.41) is 2.81. The quantitative estimate of drug-likeness (QED) is 0.767. The van der Waals surface area contributed by atoms with Gasteiger partial charge in [-0.15, -0.1) is 0 Å². The second-order valence-electron chi connectivity index (χ2n) is 5.49. The predicted octanol–water partition coefficient (Wildman–Crippen LogP) is 1.21. The van der Waals surface area contributed by atoms with Gasteiger partial charge in [-0.05, 0) is 12.1 Å². The first-order valence-corrected chi connectivity index (χ1v) is 7.93. The molecule has 6 nitrogen and oxygen atoms in total. The molecule has 0 saturated carbocycles. The van der Waals surface area contributed by atoms with Crippen LogP contribution in [0.3, 0.4) is 0 Å². The molecule has 1 fully saturated rings. The molecule has 0 unspecified atom stereocenters. The number of carbonyl (C=O) groups is 2. The zero-order chi connectivity index (χ0) is 16.7. The second-order valence-corrected chi connectivity index (χ2v) is 5.49. The Kier molecular flexibility index (Phi) is 6.40. The molecule has 0 spiro atoms. The number of nitrogens with one attached hydrogen (secondary N) is 1. The van der Waals surface area contributed by atoms with Crippen LogP contribution < -0.4 is 10.1 Å². The predicted molar refractivity (Wildman–Crippen MR) is 86.2 cm³/mol. The average molecular weight is 320 g/mol. The van der Waals surface area contributed by atoms with Crippen molar-refractivity contribution >= 4 is 11.8 Å². The van der Waals surface area contributed by atoms with E-state index in [2.05, 4.69) is 5.32 Å². The first kappa shape index (κ1) is 17.3. The number of rotatable bonds is 7. The molecule has 0 radical (unpaired) electrons. The van der Waals surface area contributed by atoms with Crippen molar-refractivity contribution < 1.29 is 19.1 Å². The van der Waals surface area contributed by atoms with Gasteiger partial charge < -0.3 is 19.7 Å². The van der Waals surface area contributed by atoms with Crippen molar-refractivity contribution in [2.75, 3.05) is 26.8 Å². The fraction of sp³-hybridized carbons (Fsp3) is 0.529. The molecular formula is C17H24N2O4. The smallest absolute Gasteiger partial charge is 0.243 e. The van der Waals surface area contributed by atoms with Gasteiger partial charge in [-0.1, -0.05) is 25.1 Å². The molecule has 23 heavy (non-hydrogen) atoms. The lowest BCUT2D eigenvalue weighted by atomic mass is 10.1. The van der Waals surface area contributed by atoms with E-state index in [1.165, 1.54) is 0 Å². The van der Waals surface area contributed by atoms with Crippen LogP contribution in [0.15, 0.2) is 30.3 Å². The Bertz CT molecular complexity index is 521. The Morgan fingerprint density at radius 1 is 1.30 bits per heavy atom. The lowest BCUT2D eigenvalue weighted by molar-refractivity contribution is -0.138. The minimum Gasteiger partial charge on any atom is -0.488 e. The molecule has 1 heterocycles. The summed E-state index contributed by atoms with van der Waals surface area (Å²) in [6.07, 6.45) is 0.699. The van der Waals surface area contributed by atoms with Gasteiger partial charge in [0.1, 0.15) is 17.9 Å². The number of nitrogens with zero attached hydrogens (tertiary/aromatic N) is 1. The molecule has 126 valence electrons. The summed E-state index contributed by atoms with van der Waals surface area (Å²) in [5.74, 6) is 0.570. The number of amides is 2. The first-order chi connectivity index (χ1) is 11.2. The highest BCUT2D eigenvalue weighted by Crippen LogP contribution is 2.24. The van der Waals surface area contributed by atoms with E-state index in [1.54, 1.807) is 18.9 Å². The SMILES string of the molecule is CCC(=O)N1C[C@@H](Oc2ccccc2)C[C@H]1C(=O)NCCOC. The van der Waals surface area contributed by atoms with Crippen molar-refractivity contribution in [1.82, 2.24) is 10.2 Å². The van der Waals surface area contributed by atoms with Crippen molar-refractivity contribution in [2.24, 2.45) is 0 Å². The summed E-state index contributed by atoms with van der Waals surface area (Å²) in [6.45, 7) is 3.12. The topological polar surface area (TPSA) is 67.9 Å². The Labute approximate surface area is 136 Å². The minimum atomic E-state index is -0.479. The average Bonchev–Trinajstić information content (AvgIpc) is 2.99. The van der Waals surface area contributed by atoms with Gasteiger partial charge in [0.05, 0.1) is 13.2 Å². The Morgan fingerprint density at radius 3 is 2.70 bits per heavy atom. The summed E-state index contributed by atoms with van der Waals surface area (Å²) >= 11 is 0. The molecule has 0 aromatic heterocycles. The molecule has 1 aromatic rings. The van der Waals surface area contributed by atoms with Crippen LogP contribution in [0.2, 0.25) is 0 Å². The molecule has 1 aliphatic heterocycles. The first-order valence-electron chi connectivity index (χ1n) is 7.93. The van der Waals surface area contributed by atoms with Gasteiger partial charge in [-0.3, -0.25) is 9.59 Å². The highest BCUT2D eigenvalue weighted by Gasteiger charge is 2.39. The lowest BCUT2D eigenvalue weighted by Crippen LogP contribution is -2.46. The minimum absolute atomic E-state index is 0.0314. The van der Waals surface area contributed by atoms with E-state index in [1.807, 2.05) is 30.3 Å². The van der Waals surface area contributed by atoms with Crippen LogP contribution in [-0.2, 0) is 14.3 Å². The summed E-state index contributed by atoms with van der Waals surface area (Å²) < 4.78 is 10.8. The van der Waals surface area contributed by atoms with Gasteiger partial charge >= 0.3 is 0 Å². The zero-order valence-electron chi connectivity index (χ0n) is 13.7. The number of para-hydroxylation sites is 1. The molecule has 1 saturated heterocycles. The van der Waals surface area contributed by atoms with Crippen molar-refractivity contribution in [3.05, 3.63) is 30.3 Å². The number of carbonyl (C=O) groups excluding carboxylic acids is 2.